The second kappa shape index (κ2) is 6.68. The summed E-state index contributed by atoms with van der Waals surface area (Å²) in [5.74, 6) is 0.561. The lowest BCUT2D eigenvalue weighted by atomic mass is 9.94. The van der Waals surface area contributed by atoms with Gasteiger partial charge >= 0.3 is 5.76 Å². The Bertz CT molecular complexity index is 1210. The largest absolute Gasteiger partial charge is 0.493 e. The van der Waals surface area contributed by atoms with Crippen LogP contribution in [0.5, 0.6) is 11.5 Å². The number of ether oxygens (including phenoxy) is 2. The summed E-state index contributed by atoms with van der Waals surface area (Å²) < 4.78 is 43.7. The molecule has 2 aromatic carbocycles. The molecule has 0 saturated carbocycles. The van der Waals surface area contributed by atoms with Crippen molar-refractivity contribution < 1.29 is 22.3 Å². The van der Waals surface area contributed by atoms with Crippen molar-refractivity contribution in [1.29, 1.82) is 0 Å². The fraction of sp³-hybridized carbons (Fsp3) is 0.316. The van der Waals surface area contributed by atoms with Gasteiger partial charge in [0.05, 0.1) is 24.6 Å². The van der Waals surface area contributed by atoms with E-state index in [0.717, 1.165) is 11.1 Å². The Kier molecular flexibility index (Phi) is 4.43. The second-order valence-electron chi connectivity index (χ2n) is 6.62. The van der Waals surface area contributed by atoms with Gasteiger partial charge in [-0.15, -0.1) is 0 Å². The van der Waals surface area contributed by atoms with Crippen molar-refractivity contribution in [2.45, 2.75) is 24.3 Å². The number of oxazole rings is 1. The van der Waals surface area contributed by atoms with Crippen LogP contribution in [0.1, 0.15) is 24.1 Å². The Labute approximate surface area is 161 Å². The van der Waals surface area contributed by atoms with E-state index in [9.17, 15) is 13.2 Å². The molecule has 3 aromatic rings. The van der Waals surface area contributed by atoms with Crippen LogP contribution in [0.2, 0.25) is 0 Å². The Balaban J connectivity index is 1.75. The molecule has 4 rings (SSSR count). The van der Waals surface area contributed by atoms with Gasteiger partial charge in [-0.25, -0.2) is 13.2 Å². The highest BCUT2D eigenvalue weighted by atomic mass is 32.2. The third kappa shape index (κ3) is 2.87. The fourth-order valence-corrected chi connectivity index (χ4v) is 5.30. The summed E-state index contributed by atoms with van der Waals surface area (Å²) in [5.41, 5.74) is 2.57. The van der Waals surface area contributed by atoms with Gasteiger partial charge in [0, 0.05) is 18.7 Å². The topological polar surface area (TPSA) is 102 Å². The Morgan fingerprint density at radius 3 is 2.57 bits per heavy atom. The molecule has 0 aliphatic carbocycles. The van der Waals surface area contributed by atoms with E-state index in [2.05, 4.69) is 4.98 Å². The fourth-order valence-electron chi connectivity index (χ4n) is 3.67. The number of H-pyrrole nitrogens is 1. The van der Waals surface area contributed by atoms with Crippen molar-refractivity contribution in [3.8, 4) is 11.5 Å². The Morgan fingerprint density at radius 2 is 1.86 bits per heavy atom. The summed E-state index contributed by atoms with van der Waals surface area (Å²) in [5, 5.41) is 0. The van der Waals surface area contributed by atoms with Crippen LogP contribution in [0.4, 0.5) is 0 Å². The van der Waals surface area contributed by atoms with E-state index in [4.69, 9.17) is 13.9 Å². The maximum atomic E-state index is 13.3. The number of hydrogen-bond acceptors (Lipinski definition) is 6. The molecule has 1 aliphatic rings. The number of sulfonamides is 1. The predicted molar refractivity (Wildman–Crippen MR) is 102 cm³/mol. The molecule has 2 heterocycles. The van der Waals surface area contributed by atoms with Gasteiger partial charge in [-0.1, -0.05) is 0 Å². The molecule has 1 atom stereocenters. The quantitative estimate of drug-likeness (QED) is 0.717. The number of hydrogen-bond donors (Lipinski definition) is 1. The van der Waals surface area contributed by atoms with E-state index in [-0.39, 0.29) is 16.5 Å². The highest BCUT2D eigenvalue weighted by molar-refractivity contribution is 7.89. The van der Waals surface area contributed by atoms with Gasteiger partial charge < -0.3 is 13.9 Å². The van der Waals surface area contributed by atoms with Gasteiger partial charge in [-0.05, 0) is 48.7 Å². The second-order valence-corrected chi connectivity index (χ2v) is 8.51. The molecular formula is C19H20N2O6S. The molecule has 0 saturated heterocycles. The Hall–Kier alpha value is -2.78. The van der Waals surface area contributed by atoms with Crippen LogP contribution in [-0.2, 0) is 16.4 Å². The van der Waals surface area contributed by atoms with Crippen LogP contribution in [0, 0.1) is 0 Å². The molecule has 0 radical (unpaired) electrons. The van der Waals surface area contributed by atoms with E-state index in [1.807, 2.05) is 19.1 Å². The van der Waals surface area contributed by atoms with Gasteiger partial charge in [0.1, 0.15) is 0 Å². The molecule has 1 aromatic heterocycles. The van der Waals surface area contributed by atoms with E-state index < -0.39 is 15.8 Å². The summed E-state index contributed by atoms with van der Waals surface area (Å²) in [6, 6.07) is 7.72. The molecule has 0 amide bonds. The average molecular weight is 404 g/mol. The van der Waals surface area contributed by atoms with Crippen molar-refractivity contribution >= 4 is 21.1 Å². The molecule has 28 heavy (non-hydrogen) atoms. The molecule has 9 heteroatoms. The van der Waals surface area contributed by atoms with E-state index in [1.54, 1.807) is 14.2 Å². The maximum absolute atomic E-state index is 13.3. The first-order valence-electron chi connectivity index (χ1n) is 8.74. The van der Waals surface area contributed by atoms with E-state index in [0.29, 0.717) is 30.0 Å². The number of fused-ring (bicyclic) bond motifs is 2. The van der Waals surface area contributed by atoms with Crippen LogP contribution in [0.25, 0.3) is 11.1 Å². The number of benzene rings is 2. The van der Waals surface area contributed by atoms with E-state index >= 15 is 0 Å². The number of aromatic nitrogens is 1. The standard InChI is InChI=1S/C19H20N2O6S/c1-11-14-10-18(26-3)17(25-2)8-12(14)6-7-21(11)28(23,24)13-4-5-15-16(9-13)27-19(22)20-15/h4-5,8-11H,6-7H2,1-3H3,(H,20,22). The molecule has 0 bridgehead atoms. The molecule has 0 fully saturated rings. The van der Waals surface area contributed by atoms with Gasteiger partial charge in [-0.3, -0.25) is 4.98 Å². The molecule has 8 nitrogen and oxygen atoms in total. The summed E-state index contributed by atoms with van der Waals surface area (Å²) in [6.45, 7) is 2.18. The smallest absolute Gasteiger partial charge is 0.417 e. The lowest BCUT2D eigenvalue weighted by Gasteiger charge is -2.34. The van der Waals surface area contributed by atoms with E-state index in [1.165, 1.54) is 22.5 Å². The Morgan fingerprint density at radius 1 is 1.14 bits per heavy atom. The number of methoxy groups -OCH3 is 2. The van der Waals surface area contributed by atoms with Crippen molar-refractivity contribution in [1.82, 2.24) is 9.29 Å². The van der Waals surface area contributed by atoms with Crippen LogP contribution < -0.4 is 15.2 Å². The minimum absolute atomic E-state index is 0.0820. The van der Waals surface area contributed by atoms with Gasteiger partial charge in [0.2, 0.25) is 10.0 Å². The van der Waals surface area contributed by atoms with Crippen molar-refractivity contribution in [3.05, 3.63) is 52.0 Å². The summed E-state index contributed by atoms with van der Waals surface area (Å²) in [7, 11) is -0.666. The number of nitrogens with zero attached hydrogens (tertiary/aromatic N) is 1. The SMILES string of the molecule is COc1cc2c(cc1OC)C(C)N(S(=O)(=O)c1ccc3[nH]c(=O)oc3c1)CC2. The van der Waals surface area contributed by atoms with Gasteiger partial charge in [-0.2, -0.15) is 4.31 Å². The third-order valence-corrected chi connectivity index (χ3v) is 7.09. The lowest BCUT2D eigenvalue weighted by molar-refractivity contribution is 0.319. The van der Waals surface area contributed by atoms with Crippen molar-refractivity contribution in [2.75, 3.05) is 20.8 Å². The van der Waals surface area contributed by atoms with Crippen LogP contribution in [0.3, 0.4) is 0 Å². The first-order chi connectivity index (χ1) is 13.3. The molecular weight excluding hydrogens is 384 g/mol. The highest BCUT2D eigenvalue weighted by Crippen LogP contribution is 2.40. The minimum Gasteiger partial charge on any atom is -0.493 e. The molecule has 1 N–H and O–H groups in total. The molecule has 1 aliphatic heterocycles. The molecule has 0 spiro atoms. The van der Waals surface area contributed by atoms with Crippen LogP contribution >= 0.6 is 0 Å². The number of nitrogens with one attached hydrogen (secondary N) is 1. The van der Waals surface area contributed by atoms with Crippen LogP contribution in [-0.4, -0.2) is 38.5 Å². The van der Waals surface area contributed by atoms with Crippen molar-refractivity contribution in [2.24, 2.45) is 0 Å². The summed E-state index contributed by atoms with van der Waals surface area (Å²) in [6.07, 6.45) is 0.556. The van der Waals surface area contributed by atoms with Crippen LogP contribution in [0.15, 0.2) is 44.4 Å². The maximum Gasteiger partial charge on any atom is 0.417 e. The summed E-state index contributed by atoms with van der Waals surface area (Å²) in [4.78, 5) is 13.9. The van der Waals surface area contributed by atoms with Gasteiger partial charge in [0.25, 0.3) is 0 Å². The predicted octanol–water partition coefficient (Wildman–Crippen LogP) is 2.45. The normalized spacial score (nSPS) is 17.5. The first kappa shape index (κ1) is 18.6. The van der Waals surface area contributed by atoms with Gasteiger partial charge in [0.15, 0.2) is 17.1 Å². The number of rotatable bonds is 4. The zero-order valence-corrected chi connectivity index (χ0v) is 16.5. The zero-order chi connectivity index (χ0) is 20.1. The third-order valence-electron chi connectivity index (χ3n) is 5.13. The number of aromatic amines is 1. The van der Waals surface area contributed by atoms with Crippen molar-refractivity contribution in [3.63, 3.8) is 0 Å². The zero-order valence-electron chi connectivity index (χ0n) is 15.7. The lowest BCUT2D eigenvalue weighted by Crippen LogP contribution is -2.38. The minimum atomic E-state index is -3.79. The average Bonchev–Trinajstić information content (AvgIpc) is 3.06. The highest BCUT2D eigenvalue weighted by Gasteiger charge is 2.35. The monoisotopic (exact) mass is 404 g/mol. The molecule has 148 valence electrons. The molecule has 1 unspecified atom stereocenters. The summed E-state index contributed by atoms with van der Waals surface area (Å²) >= 11 is 0. The first-order valence-corrected chi connectivity index (χ1v) is 10.2.